The fraction of sp³-hybridized carbons (Fsp3) is 0.250. The minimum atomic E-state index is -0.628. The van der Waals surface area contributed by atoms with Gasteiger partial charge in [0.15, 0.2) is 12.4 Å². The van der Waals surface area contributed by atoms with E-state index in [-0.39, 0.29) is 30.2 Å². The number of carbonyl (C=O) groups excluding carboxylic acids is 3. The van der Waals surface area contributed by atoms with E-state index in [0.717, 1.165) is 0 Å². The number of esters is 1. The Morgan fingerprint density at radius 2 is 1.79 bits per heavy atom. The van der Waals surface area contributed by atoms with Gasteiger partial charge in [-0.05, 0) is 44.2 Å². The number of ketones is 1. The lowest BCUT2D eigenvalue weighted by molar-refractivity contribution is -0.385. The molecule has 9 heteroatoms. The molecule has 0 bridgehead atoms. The highest BCUT2D eigenvalue weighted by Gasteiger charge is 2.15. The zero-order chi connectivity index (χ0) is 21.4. The quantitative estimate of drug-likeness (QED) is 0.297. The highest BCUT2D eigenvalue weighted by Crippen LogP contribution is 2.24. The molecule has 1 amide bonds. The van der Waals surface area contributed by atoms with Crippen molar-refractivity contribution in [3.63, 3.8) is 0 Å². The molecule has 0 aromatic heterocycles. The van der Waals surface area contributed by atoms with Crippen molar-refractivity contribution in [1.82, 2.24) is 0 Å². The van der Waals surface area contributed by atoms with E-state index in [1.807, 2.05) is 0 Å². The Bertz CT molecular complexity index is 923. The number of carbonyl (C=O) groups is 3. The smallest absolute Gasteiger partial charge is 0.309 e. The van der Waals surface area contributed by atoms with Crippen LogP contribution in [0.5, 0.6) is 5.75 Å². The van der Waals surface area contributed by atoms with E-state index >= 15 is 0 Å². The summed E-state index contributed by atoms with van der Waals surface area (Å²) in [6.45, 7) is 2.50. The number of nitrogens with one attached hydrogen (secondary N) is 1. The average molecular weight is 400 g/mol. The number of hydrogen-bond acceptors (Lipinski definition) is 7. The number of nitrogens with zero attached hydrogens (tertiary/aromatic N) is 1. The van der Waals surface area contributed by atoms with Crippen LogP contribution in [0.15, 0.2) is 42.5 Å². The lowest BCUT2D eigenvalue weighted by Crippen LogP contribution is -2.22. The van der Waals surface area contributed by atoms with Gasteiger partial charge >= 0.3 is 5.97 Å². The van der Waals surface area contributed by atoms with Crippen LogP contribution in [0.2, 0.25) is 0 Å². The van der Waals surface area contributed by atoms with Crippen LogP contribution in [0.25, 0.3) is 0 Å². The fourth-order valence-corrected chi connectivity index (χ4v) is 2.40. The zero-order valence-corrected chi connectivity index (χ0v) is 16.0. The number of nitro benzene ring substituents is 1. The molecule has 9 nitrogen and oxygen atoms in total. The van der Waals surface area contributed by atoms with Gasteiger partial charge in [-0.2, -0.15) is 0 Å². The van der Waals surface area contributed by atoms with Gasteiger partial charge in [-0.15, -0.1) is 0 Å². The van der Waals surface area contributed by atoms with Crippen LogP contribution < -0.4 is 10.1 Å². The van der Waals surface area contributed by atoms with Crippen LogP contribution in [-0.2, 0) is 14.3 Å². The van der Waals surface area contributed by atoms with Crippen molar-refractivity contribution >= 4 is 29.0 Å². The van der Waals surface area contributed by atoms with Gasteiger partial charge in [-0.3, -0.25) is 24.5 Å². The van der Waals surface area contributed by atoms with Gasteiger partial charge in [0.25, 0.3) is 11.6 Å². The Hall–Kier alpha value is -3.75. The Morgan fingerprint density at radius 1 is 1.10 bits per heavy atom. The second-order valence-electron chi connectivity index (χ2n) is 6.09. The second kappa shape index (κ2) is 9.98. The van der Waals surface area contributed by atoms with Crippen molar-refractivity contribution in [1.29, 1.82) is 0 Å². The highest BCUT2D eigenvalue weighted by molar-refractivity contribution is 5.94. The molecular weight excluding hydrogens is 380 g/mol. The number of Topliss-reactive ketones (excluding diaryl/α,β-unsaturated/α-hetero) is 1. The molecule has 0 heterocycles. The molecule has 0 atom stereocenters. The monoisotopic (exact) mass is 400 g/mol. The number of anilines is 1. The van der Waals surface area contributed by atoms with Crippen molar-refractivity contribution in [3.05, 3.63) is 63.7 Å². The summed E-state index contributed by atoms with van der Waals surface area (Å²) in [5.41, 5.74) is 1.02. The van der Waals surface area contributed by atoms with E-state index in [0.29, 0.717) is 16.9 Å². The summed E-state index contributed by atoms with van der Waals surface area (Å²) in [5, 5.41) is 13.4. The molecule has 2 aromatic carbocycles. The molecule has 0 saturated carbocycles. The minimum absolute atomic E-state index is 0.0455. The third-order valence-corrected chi connectivity index (χ3v) is 3.98. The van der Waals surface area contributed by atoms with Crippen LogP contribution in [0.1, 0.15) is 29.3 Å². The summed E-state index contributed by atoms with van der Waals surface area (Å²) in [7, 11) is 0. The number of amides is 1. The summed E-state index contributed by atoms with van der Waals surface area (Å²) in [4.78, 5) is 45.2. The maximum absolute atomic E-state index is 11.9. The first-order valence-corrected chi connectivity index (χ1v) is 8.71. The molecule has 0 radical (unpaired) electrons. The van der Waals surface area contributed by atoms with Crippen LogP contribution in [0, 0.1) is 17.0 Å². The van der Waals surface area contributed by atoms with Gasteiger partial charge in [0.1, 0.15) is 5.75 Å². The average Bonchev–Trinajstić information content (AvgIpc) is 2.68. The van der Waals surface area contributed by atoms with Crippen molar-refractivity contribution in [2.45, 2.75) is 20.3 Å². The third kappa shape index (κ3) is 6.42. The first-order valence-electron chi connectivity index (χ1n) is 8.71. The first-order chi connectivity index (χ1) is 13.8. The molecule has 0 fully saturated rings. The number of hydrogen-bond donors (Lipinski definition) is 1. The van der Waals surface area contributed by atoms with Crippen molar-refractivity contribution < 1.29 is 28.8 Å². The molecule has 2 aromatic rings. The molecule has 0 aliphatic rings. The molecule has 0 aliphatic carbocycles. The largest absolute Gasteiger partial charge is 0.493 e. The highest BCUT2D eigenvalue weighted by atomic mass is 16.6. The summed E-state index contributed by atoms with van der Waals surface area (Å²) in [6.07, 6.45) is -0.0718. The molecular formula is C20H20N2O7. The van der Waals surface area contributed by atoms with Crippen molar-refractivity contribution in [2.24, 2.45) is 0 Å². The summed E-state index contributed by atoms with van der Waals surface area (Å²) in [6, 6.07) is 10.8. The van der Waals surface area contributed by atoms with Gasteiger partial charge < -0.3 is 14.8 Å². The lowest BCUT2D eigenvalue weighted by Gasteiger charge is -2.09. The zero-order valence-electron chi connectivity index (χ0n) is 16.0. The molecule has 1 N–H and O–H groups in total. The van der Waals surface area contributed by atoms with E-state index in [4.69, 9.17) is 9.47 Å². The predicted octanol–water partition coefficient (Wildman–Crippen LogP) is 3.06. The number of benzene rings is 2. The Kier molecular flexibility index (Phi) is 7.41. The van der Waals surface area contributed by atoms with Gasteiger partial charge in [0.05, 0.1) is 29.2 Å². The maximum atomic E-state index is 11.9. The van der Waals surface area contributed by atoms with Crippen molar-refractivity contribution in [3.8, 4) is 5.75 Å². The van der Waals surface area contributed by atoms with Crippen LogP contribution in [0.3, 0.4) is 0 Å². The Balaban J connectivity index is 1.75. The number of nitro groups is 1. The van der Waals surface area contributed by atoms with E-state index in [9.17, 15) is 24.5 Å². The van der Waals surface area contributed by atoms with Gasteiger partial charge in [0.2, 0.25) is 0 Å². The Labute approximate surface area is 166 Å². The normalized spacial score (nSPS) is 10.1. The Morgan fingerprint density at radius 3 is 2.41 bits per heavy atom. The molecule has 0 saturated heterocycles. The summed E-state index contributed by atoms with van der Waals surface area (Å²) >= 11 is 0. The predicted molar refractivity (Wildman–Crippen MR) is 104 cm³/mol. The van der Waals surface area contributed by atoms with E-state index in [1.165, 1.54) is 32.0 Å². The summed E-state index contributed by atoms with van der Waals surface area (Å²) < 4.78 is 10.3. The van der Waals surface area contributed by atoms with E-state index in [2.05, 4.69) is 5.32 Å². The molecule has 0 unspecified atom stereocenters. The van der Waals surface area contributed by atoms with Crippen molar-refractivity contribution in [2.75, 3.05) is 18.5 Å². The topological polar surface area (TPSA) is 125 Å². The molecule has 29 heavy (non-hydrogen) atoms. The second-order valence-corrected chi connectivity index (χ2v) is 6.09. The summed E-state index contributed by atoms with van der Waals surface area (Å²) in [5.74, 6) is -0.792. The molecule has 0 aliphatic heterocycles. The van der Waals surface area contributed by atoms with Crippen LogP contribution in [0.4, 0.5) is 11.4 Å². The van der Waals surface area contributed by atoms with Gasteiger partial charge in [-0.25, -0.2) is 0 Å². The van der Waals surface area contributed by atoms with E-state index < -0.39 is 23.4 Å². The number of ether oxygens (including phenoxy) is 2. The maximum Gasteiger partial charge on any atom is 0.309 e. The lowest BCUT2D eigenvalue weighted by atomic mass is 10.1. The third-order valence-electron chi connectivity index (χ3n) is 3.98. The SMILES string of the molecule is CC(=O)c1ccc(OCCC(=O)OCC(=O)Nc2cccc([N+](=O)[O-])c2C)cc1. The van der Waals surface area contributed by atoms with Crippen LogP contribution >= 0.6 is 0 Å². The molecule has 0 spiro atoms. The van der Waals surface area contributed by atoms with Gasteiger partial charge in [-0.1, -0.05) is 6.07 Å². The molecule has 2 rings (SSSR count). The van der Waals surface area contributed by atoms with E-state index in [1.54, 1.807) is 24.3 Å². The number of rotatable bonds is 9. The fourth-order valence-electron chi connectivity index (χ4n) is 2.40. The van der Waals surface area contributed by atoms with Crippen LogP contribution in [-0.4, -0.2) is 35.8 Å². The van der Waals surface area contributed by atoms with Gasteiger partial charge in [0, 0.05) is 11.6 Å². The minimum Gasteiger partial charge on any atom is -0.493 e. The first kappa shape index (κ1) is 21.5. The molecule has 152 valence electrons. The standard InChI is InChI=1S/C20H20N2O7/c1-13-17(4-3-5-18(13)22(26)27)21-19(24)12-29-20(25)10-11-28-16-8-6-15(7-9-16)14(2)23/h3-9H,10-12H2,1-2H3,(H,21,24).